The van der Waals surface area contributed by atoms with Crippen LogP contribution in [0.3, 0.4) is 0 Å². The van der Waals surface area contributed by atoms with E-state index in [4.69, 9.17) is 0 Å². The number of nitrogens with zero attached hydrogens (tertiary/aromatic N) is 2. The molecule has 4 rings (SSSR count). The minimum absolute atomic E-state index is 0.361. The average molecular weight is 350 g/mol. The van der Waals surface area contributed by atoms with Crippen LogP contribution >= 0.6 is 0 Å². The van der Waals surface area contributed by atoms with Crippen molar-refractivity contribution in [1.82, 2.24) is 20.4 Å². The van der Waals surface area contributed by atoms with Crippen LogP contribution in [0.5, 0.6) is 0 Å². The summed E-state index contributed by atoms with van der Waals surface area (Å²) in [6.07, 6.45) is 1.71. The number of carbonyl (C=O) groups excluding carboxylic acids is 2. The van der Waals surface area contributed by atoms with Crippen molar-refractivity contribution in [2.75, 3.05) is 0 Å². The van der Waals surface area contributed by atoms with Crippen LogP contribution in [0.25, 0.3) is 16.9 Å². The number of benzene rings is 2. The quantitative estimate of drug-likeness (QED) is 0.713. The summed E-state index contributed by atoms with van der Waals surface area (Å²) < 4.78 is 14.9. The van der Waals surface area contributed by atoms with E-state index in [2.05, 4.69) is 15.7 Å². The number of hydrogen-bond donors (Lipinski definition) is 2. The Bertz CT molecular complexity index is 993. The van der Waals surface area contributed by atoms with E-state index in [1.165, 1.54) is 12.1 Å². The van der Waals surface area contributed by atoms with E-state index in [0.29, 0.717) is 16.8 Å². The van der Waals surface area contributed by atoms with E-state index in [1.54, 1.807) is 23.0 Å². The van der Waals surface area contributed by atoms with E-state index < -0.39 is 18.0 Å². The van der Waals surface area contributed by atoms with E-state index in [1.807, 2.05) is 31.2 Å². The zero-order valence-electron chi connectivity index (χ0n) is 13.9. The van der Waals surface area contributed by atoms with Crippen LogP contribution in [0.2, 0.25) is 0 Å². The average Bonchev–Trinajstić information content (AvgIpc) is 3.19. The minimum atomic E-state index is -0.846. The first-order valence-electron chi connectivity index (χ1n) is 8.05. The molecule has 3 aromatic rings. The van der Waals surface area contributed by atoms with Crippen molar-refractivity contribution in [2.24, 2.45) is 0 Å². The van der Waals surface area contributed by atoms with Gasteiger partial charge in [-0.05, 0) is 43.3 Å². The Hall–Kier alpha value is -3.48. The molecule has 2 aromatic carbocycles. The molecule has 3 amide bonds. The third-order valence-corrected chi connectivity index (χ3v) is 4.24. The van der Waals surface area contributed by atoms with E-state index in [9.17, 15) is 14.0 Å². The lowest BCUT2D eigenvalue weighted by Crippen LogP contribution is -2.22. The zero-order valence-corrected chi connectivity index (χ0v) is 13.9. The molecule has 1 fully saturated rings. The number of nitrogens with one attached hydrogen (secondary N) is 2. The van der Waals surface area contributed by atoms with Gasteiger partial charge in [-0.25, -0.2) is 13.9 Å². The van der Waals surface area contributed by atoms with Gasteiger partial charge in [-0.1, -0.05) is 17.7 Å². The van der Waals surface area contributed by atoms with Crippen molar-refractivity contribution in [3.63, 3.8) is 0 Å². The molecule has 0 bridgehead atoms. The molecule has 7 heteroatoms. The van der Waals surface area contributed by atoms with E-state index in [-0.39, 0.29) is 5.82 Å². The molecule has 6 nitrogen and oxygen atoms in total. The molecule has 2 N–H and O–H groups in total. The van der Waals surface area contributed by atoms with Crippen LogP contribution in [0, 0.1) is 12.7 Å². The Morgan fingerprint density at radius 1 is 1.04 bits per heavy atom. The van der Waals surface area contributed by atoms with Crippen LogP contribution in [0.15, 0.2) is 54.7 Å². The SMILES string of the molecule is Cc1ccc(-n2cc(C3NC(=O)NC3=O)c(-c3ccc(F)cc3)n2)cc1. The van der Waals surface area contributed by atoms with Gasteiger partial charge in [0.1, 0.15) is 11.9 Å². The summed E-state index contributed by atoms with van der Waals surface area (Å²) in [4.78, 5) is 23.6. The highest BCUT2D eigenvalue weighted by Gasteiger charge is 2.34. The number of hydrogen-bond acceptors (Lipinski definition) is 3. The Morgan fingerprint density at radius 2 is 1.73 bits per heavy atom. The van der Waals surface area contributed by atoms with Crippen LogP contribution in [-0.2, 0) is 4.79 Å². The number of carbonyl (C=O) groups is 2. The highest BCUT2D eigenvalue weighted by Crippen LogP contribution is 2.30. The van der Waals surface area contributed by atoms with E-state index >= 15 is 0 Å². The smallest absolute Gasteiger partial charge is 0.322 e. The Balaban J connectivity index is 1.84. The van der Waals surface area contributed by atoms with Gasteiger partial charge >= 0.3 is 6.03 Å². The molecule has 0 radical (unpaired) electrons. The van der Waals surface area contributed by atoms with Gasteiger partial charge in [-0.15, -0.1) is 0 Å². The van der Waals surface area contributed by atoms with Crippen molar-refractivity contribution in [1.29, 1.82) is 0 Å². The third-order valence-electron chi connectivity index (χ3n) is 4.24. The molecular formula is C19H15FN4O2. The number of urea groups is 1. The lowest BCUT2D eigenvalue weighted by atomic mass is 10.0. The summed E-state index contributed by atoms with van der Waals surface area (Å²) in [6.45, 7) is 1.99. The predicted octanol–water partition coefficient (Wildman–Crippen LogP) is 2.87. The normalized spacial score (nSPS) is 16.5. The zero-order chi connectivity index (χ0) is 18.3. The maximum Gasteiger partial charge on any atom is 0.322 e. The van der Waals surface area contributed by atoms with Gasteiger partial charge in [-0.2, -0.15) is 5.10 Å². The highest BCUT2D eigenvalue weighted by atomic mass is 19.1. The number of aromatic nitrogens is 2. The van der Waals surface area contributed by atoms with Gasteiger partial charge in [0.2, 0.25) is 0 Å². The summed E-state index contributed by atoms with van der Waals surface area (Å²) in [5.41, 5.74) is 3.63. The van der Waals surface area contributed by atoms with Crippen LogP contribution in [-0.4, -0.2) is 21.7 Å². The summed E-state index contributed by atoms with van der Waals surface area (Å²) in [6, 6.07) is 12.2. The van der Waals surface area contributed by atoms with Gasteiger partial charge in [0.25, 0.3) is 5.91 Å². The summed E-state index contributed by atoms with van der Waals surface area (Å²) >= 11 is 0. The number of imide groups is 1. The second-order valence-electron chi connectivity index (χ2n) is 6.12. The Kier molecular flexibility index (Phi) is 3.76. The van der Waals surface area contributed by atoms with Crippen molar-refractivity contribution < 1.29 is 14.0 Å². The number of aryl methyl sites for hydroxylation is 1. The standard InChI is InChI=1S/C19H15FN4O2/c1-11-2-8-14(9-3-11)24-10-15(17-18(25)22-19(26)21-17)16(23-24)12-4-6-13(20)7-5-12/h2-10,17H,1H3,(H2,21,22,25,26). The van der Waals surface area contributed by atoms with Crippen molar-refractivity contribution >= 4 is 11.9 Å². The van der Waals surface area contributed by atoms with Gasteiger partial charge in [0.15, 0.2) is 0 Å². The summed E-state index contributed by atoms with van der Waals surface area (Å²) in [5.74, 6) is -0.804. The Labute approximate surface area is 148 Å². The van der Waals surface area contributed by atoms with Crippen LogP contribution in [0.1, 0.15) is 17.2 Å². The monoisotopic (exact) mass is 350 g/mol. The Morgan fingerprint density at radius 3 is 2.35 bits per heavy atom. The van der Waals surface area contributed by atoms with Gasteiger partial charge in [-0.3, -0.25) is 10.1 Å². The fraction of sp³-hybridized carbons (Fsp3) is 0.105. The molecule has 0 spiro atoms. The lowest BCUT2D eigenvalue weighted by Gasteiger charge is -2.07. The topological polar surface area (TPSA) is 76.0 Å². The second-order valence-corrected chi connectivity index (χ2v) is 6.12. The molecule has 26 heavy (non-hydrogen) atoms. The fourth-order valence-corrected chi connectivity index (χ4v) is 2.90. The number of halogens is 1. The highest BCUT2D eigenvalue weighted by molar-refractivity contribution is 6.05. The second kappa shape index (κ2) is 6.11. The van der Waals surface area contributed by atoms with Crippen LogP contribution in [0.4, 0.5) is 9.18 Å². The molecule has 1 atom stereocenters. The molecule has 1 aromatic heterocycles. The molecule has 2 heterocycles. The molecular weight excluding hydrogens is 335 g/mol. The molecule has 130 valence electrons. The van der Waals surface area contributed by atoms with Crippen LogP contribution < -0.4 is 10.6 Å². The number of rotatable bonds is 3. The van der Waals surface area contributed by atoms with Gasteiger partial charge < -0.3 is 5.32 Å². The first-order valence-corrected chi connectivity index (χ1v) is 8.05. The molecule has 1 aliphatic heterocycles. The molecule has 0 saturated carbocycles. The number of amides is 3. The lowest BCUT2D eigenvalue weighted by molar-refractivity contribution is -0.120. The summed E-state index contributed by atoms with van der Waals surface area (Å²) in [7, 11) is 0. The first kappa shape index (κ1) is 16.0. The van der Waals surface area contributed by atoms with Gasteiger partial charge in [0, 0.05) is 17.3 Å². The van der Waals surface area contributed by atoms with Crippen molar-refractivity contribution in [3.8, 4) is 16.9 Å². The van der Waals surface area contributed by atoms with Gasteiger partial charge in [0.05, 0.1) is 11.4 Å². The fourth-order valence-electron chi connectivity index (χ4n) is 2.90. The van der Waals surface area contributed by atoms with Crippen molar-refractivity contribution in [2.45, 2.75) is 13.0 Å². The van der Waals surface area contributed by atoms with Crippen molar-refractivity contribution in [3.05, 3.63) is 71.7 Å². The van der Waals surface area contributed by atoms with E-state index in [0.717, 1.165) is 11.3 Å². The maximum absolute atomic E-state index is 13.3. The first-order chi connectivity index (χ1) is 12.5. The minimum Gasteiger partial charge on any atom is -0.322 e. The molecule has 1 aliphatic rings. The molecule has 0 aliphatic carbocycles. The largest absolute Gasteiger partial charge is 0.322 e. The third kappa shape index (κ3) is 2.83. The maximum atomic E-state index is 13.3. The molecule has 1 unspecified atom stereocenters. The molecule has 1 saturated heterocycles. The summed E-state index contributed by atoms with van der Waals surface area (Å²) in [5, 5.41) is 9.39. The predicted molar refractivity (Wildman–Crippen MR) is 93.1 cm³/mol.